The molecule has 3 fully saturated rings. The molecule has 2 aliphatic heterocycles. The van der Waals surface area contributed by atoms with Gasteiger partial charge in [-0.15, -0.1) is 11.3 Å². The minimum absolute atomic E-state index is 0.0335. The van der Waals surface area contributed by atoms with Gasteiger partial charge in [0.05, 0.1) is 10.9 Å². The Morgan fingerprint density at radius 1 is 1.04 bits per heavy atom. The number of rotatable bonds is 11. The van der Waals surface area contributed by atoms with Gasteiger partial charge in [-0.2, -0.15) is 0 Å². The van der Waals surface area contributed by atoms with E-state index in [1.54, 1.807) is 17.0 Å². The molecule has 0 radical (unpaired) electrons. The van der Waals surface area contributed by atoms with Crippen LogP contribution in [0.1, 0.15) is 67.1 Å². The summed E-state index contributed by atoms with van der Waals surface area (Å²) in [7, 11) is 0. The van der Waals surface area contributed by atoms with Crippen LogP contribution in [0.15, 0.2) is 54.6 Å². The number of nitrogens with one attached hydrogen (secondary N) is 4. The largest absolute Gasteiger partial charge is 0.356 e. The summed E-state index contributed by atoms with van der Waals surface area (Å²) in [6.45, 7) is 8.91. The molecule has 4 aromatic rings. The number of benzene rings is 2. The van der Waals surface area contributed by atoms with Crippen LogP contribution in [0.2, 0.25) is 0 Å². The van der Waals surface area contributed by atoms with E-state index in [1.165, 1.54) is 23.5 Å². The zero-order valence-corrected chi connectivity index (χ0v) is 29.4. The Kier molecular flexibility index (Phi) is 8.78. The van der Waals surface area contributed by atoms with Crippen LogP contribution in [-0.2, 0) is 14.4 Å². The van der Waals surface area contributed by atoms with E-state index in [-0.39, 0.29) is 58.3 Å². The highest BCUT2D eigenvalue weighted by Crippen LogP contribution is 2.65. The highest BCUT2D eigenvalue weighted by molar-refractivity contribution is 7.20. The molecule has 2 saturated heterocycles. The van der Waals surface area contributed by atoms with Crippen LogP contribution in [0.25, 0.3) is 21.0 Å². The number of aromatic nitrogens is 1. The van der Waals surface area contributed by atoms with Crippen molar-refractivity contribution in [3.8, 4) is 0 Å². The summed E-state index contributed by atoms with van der Waals surface area (Å²) in [5.74, 6) is -2.66. The van der Waals surface area contributed by atoms with Crippen molar-refractivity contribution in [3.05, 3.63) is 71.0 Å². The van der Waals surface area contributed by atoms with E-state index >= 15 is 0 Å². The Morgan fingerprint density at radius 3 is 2.52 bits per heavy atom. The first kappa shape index (κ1) is 33.9. The molecular weight excluding hydrogens is 658 g/mol. The Labute approximate surface area is 293 Å². The summed E-state index contributed by atoms with van der Waals surface area (Å²) in [5.41, 5.74) is 0.403. The lowest BCUT2D eigenvalue weighted by atomic mass is 9.93. The first-order chi connectivity index (χ1) is 23.8. The summed E-state index contributed by atoms with van der Waals surface area (Å²) >= 11 is 1.35. The molecule has 2 aromatic heterocycles. The lowest BCUT2D eigenvalue weighted by molar-refractivity contribution is -0.142. The minimum Gasteiger partial charge on any atom is -0.356 e. The molecule has 7 rings (SSSR count). The number of piperidine rings is 1. The maximum absolute atomic E-state index is 14.4. The third-order valence-corrected chi connectivity index (χ3v) is 12.0. The molecule has 10 nitrogen and oxygen atoms in total. The van der Waals surface area contributed by atoms with Crippen molar-refractivity contribution in [2.75, 3.05) is 13.1 Å². The maximum Gasteiger partial charge on any atom is 0.268 e. The van der Waals surface area contributed by atoms with Crippen molar-refractivity contribution in [1.29, 1.82) is 0 Å². The second-order valence-electron chi connectivity index (χ2n) is 15.0. The molecule has 0 unspecified atom stereocenters. The molecule has 6 atom stereocenters. The van der Waals surface area contributed by atoms with Crippen molar-refractivity contribution in [3.63, 3.8) is 0 Å². The predicted molar refractivity (Wildman–Crippen MR) is 189 cm³/mol. The fourth-order valence-electron chi connectivity index (χ4n) is 8.10. The summed E-state index contributed by atoms with van der Waals surface area (Å²) in [4.78, 5) is 73.9. The number of nitrogens with zero attached hydrogens (tertiary/aromatic N) is 1. The third kappa shape index (κ3) is 6.18. The number of aromatic amines is 1. The number of carbonyl (C=O) groups excluding carboxylic acids is 5. The monoisotopic (exact) mass is 699 g/mol. The van der Waals surface area contributed by atoms with E-state index in [9.17, 15) is 28.4 Å². The molecule has 4 heterocycles. The van der Waals surface area contributed by atoms with E-state index < -0.39 is 41.7 Å². The van der Waals surface area contributed by atoms with Gasteiger partial charge in [0.15, 0.2) is 5.78 Å². The van der Waals surface area contributed by atoms with Gasteiger partial charge in [-0.25, -0.2) is 4.39 Å². The van der Waals surface area contributed by atoms with Gasteiger partial charge in [0.1, 0.15) is 23.6 Å². The van der Waals surface area contributed by atoms with Gasteiger partial charge >= 0.3 is 0 Å². The summed E-state index contributed by atoms with van der Waals surface area (Å²) in [6, 6.07) is 12.7. The second kappa shape index (κ2) is 12.9. The van der Waals surface area contributed by atoms with E-state index in [1.807, 2.05) is 44.2 Å². The normalized spacial score (nSPS) is 23.5. The third-order valence-electron chi connectivity index (χ3n) is 10.9. The number of hydrogen-bond donors (Lipinski definition) is 4. The first-order valence-corrected chi connectivity index (χ1v) is 18.1. The molecule has 1 aliphatic carbocycles. The zero-order valence-electron chi connectivity index (χ0n) is 28.5. The second-order valence-corrected chi connectivity index (χ2v) is 16.1. The van der Waals surface area contributed by atoms with Gasteiger partial charge in [-0.3, -0.25) is 24.0 Å². The average Bonchev–Trinajstić information content (AvgIpc) is 3.73. The van der Waals surface area contributed by atoms with Crippen LogP contribution >= 0.6 is 11.3 Å². The number of ketones is 1. The molecule has 1 saturated carbocycles. The Morgan fingerprint density at radius 2 is 1.82 bits per heavy atom. The SMILES string of the molecule is CC(C)C[C@H](NC(=O)c1cc2c(F)cccc2[nH]1)C(=O)N1C[C@H]2[C@@H]([C@H]1C(=O)N[C@@H](C[C@@H]1CCNC1=O)C(=O)c1cc3ccccc3s1)C2(C)C. The molecule has 0 spiro atoms. The van der Waals surface area contributed by atoms with Crippen LogP contribution in [0.5, 0.6) is 0 Å². The fraction of sp³-hybridized carbons (Fsp3) is 0.447. The van der Waals surface area contributed by atoms with E-state index in [4.69, 9.17) is 0 Å². The molecule has 0 bridgehead atoms. The number of amides is 4. The van der Waals surface area contributed by atoms with E-state index in [0.29, 0.717) is 36.3 Å². The van der Waals surface area contributed by atoms with Crippen LogP contribution in [0.4, 0.5) is 4.39 Å². The van der Waals surface area contributed by atoms with Gasteiger partial charge in [0, 0.05) is 34.6 Å². The molecule has 262 valence electrons. The fourth-order valence-corrected chi connectivity index (χ4v) is 9.16. The van der Waals surface area contributed by atoms with Crippen LogP contribution in [-0.4, -0.2) is 70.5 Å². The minimum atomic E-state index is -0.962. The van der Waals surface area contributed by atoms with Crippen molar-refractivity contribution in [2.45, 2.75) is 65.1 Å². The van der Waals surface area contributed by atoms with Crippen LogP contribution in [0, 0.1) is 34.9 Å². The molecule has 4 amide bonds. The zero-order chi connectivity index (χ0) is 35.5. The number of H-pyrrole nitrogens is 1. The van der Waals surface area contributed by atoms with Gasteiger partial charge in [-0.1, -0.05) is 52.0 Å². The van der Waals surface area contributed by atoms with Gasteiger partial charge < -0.3 is 25.8 Å². The van der Waals surface area contributed by atoms with Crippen molar-refractivity contribution in [2.24, 2.45) is 29.1 Å². The molecule has 50 heavy (non-hydrogen) atoms. The standard InChI is InChI=1S/C38H42FN5O5S/c1-19(2)14-28(43-35(47)27-17-22-24(39)9-7-10-25(22)41-27)37(49)44-18-23-31(38(23,3)4)32(44)36(48)42-26(15-21-12-13-40-34(21)46)33(45)30-16-20-8-5-6-11-29(20)50-30/h5-11,16-17,19,21,23,26,28,31-32,41H,12-15,18H2,1-4H3,(H,40,46)(H,42,48)(H,43,47)/t21-,23-,26-,28-,31-,32-/m0/s1. The Balaban J connectivity index is 1.14. The van der Waals surface area contributed by atoms with Crippen molar-refractivity contribution < 1.29 is 28.4 Å². The van der Waals surface area contributed by atoms with E-state index in [2.05, 4.69) is 34.8 Å². The molecule has 3 aliphatic rings. The Hall–Kier alpha value is -4.58. The maximum atomic E-state index is 14.4. The van der Waals surface area contributed by atoms with E-state index in [0.717, 1.165) is 10.1 Å². The highest BCUT2D eigenvalue weighted by Gasteiger charge is 2.69. The number of carbonyl (C=O) groups is 5. The quantitative estimate of drug-likeness (QED) is 0.163. The molecule has 12 heteroatoms. The number of Topliss-reactive ketones (excluding diaryl/α,β-unsaturated/α-hetero) is 1. The first-order valence-electron chi connectivity index (χ1n) is 17.3. The number of likely N-dealkylation sites (tertiary alicyclic amines) is 1. The lowest BCUT2D eigenvalue weighted by Gasteiger charge is -2.34. The highest BCUT2D eigenvalue weighted by atomic mass is 32.1. The smallest absolute Gasteiger partial charge is 0.268 e. The van der Waals surface area contributed by atoms with Crippen molar-refractivity contribution >= 4 is 61.7 Å². The lowest BCUT2D eigenvalue weighted by Crippen LogP contribution is -2.57. The number of thiophene rings is 1. The van der Waals surface area contributed by atoms with Crippen molar-refractivity contribution in [1.82, 2.24) is 25.8 Å². The Bertz CT molecular complexity index is 1990. The van der Waals surface area contributed by atoms with Gasteiger partial charge in [0.2, 0.25) is 17.7 Å². The molecule has 4 N–H and O–H groups in total. The molecular formula is C38H42FN5O5S. The number of halogens is 1. The summed E-state index contributed by atoms with van der Waals surface area (Å²) in [6.07, 6.45) is 1.04. The number of hydrogen-bond acceptors (Lipinski definition) is 6. The summed E-state index contributed by atoms with van der Waals surface area (Å²) in [5, 5.41) is 9.91. The van der Waals surface area contributed by atoms with Gasteiger partial charge in [-0.05, 0) is 78.1 Å². The van der Waals surface area contributed by atoms with Crippen LogP contribution in [0.3, 0.4) is 0 Å². The number of fused-ring (bicyclic) bond motifs is 3. The van der Waals surface area contributed by atoms with Crippen LogP contribution < -0.4 is 16.0 Å². The predicted octanol–water partition coefficient (Wildman–Crippen LogP) is 5.04. The average molecular weight is 700 g/mol. The molecule has 2 aromatic carbocycles. The van der Waals surface area contributed by atoms with Gasteiger partial charge in [0.25, 0.3) is 5.91 Å². The topological polar surface area (TPSA) is 140 Å². The summed E-state index contributed by atoms with van der Waals surface area (Å²) < 4.78 is 15.3.